The van der Waals surface area contributed by atoms with Crippen molar-refractivity contribution in [2.45, 2.75) is 25.3 Å². The zero-order valence-corrected chi connectivity index (χ0v) is 10.3. The highest BCUT2D eigenvalue weighted by molar-refractivity contribution is 7.16. The molecule has 0 radical (unpaired) electrons. The molecule has 0 aliphatic heterocycles. The Labute approximate surface area is 99.8 Å². The maximum atomic E-state index is 5.86. The molecule has 1 aromatic heterocycles. The maximum absolute atomic E-state index is 5.86. The van der Waals surface area contributed by atoms with Crippen LogP contribution in [0.5, 0.6) is 0 Å². The lowest BCUT2D eigenvalue weighted by atomic mass is 9.81. The Balaban J connectivity index is 1.55. The minimum absolute atomic E-state index is 0.466. The fraction of sp³-hybridized carbons (Fsp3) is 0.636. The minimum atomic E-state index is 0.466. The zero-order chi connectivity index (χ0) is 10.7. The van der Waals surface area contributed by atoms with Gasteiger partial charge in [-0.25, -0.2) is 0 Å². The Bertz CT molecular complexity index is 307. The number of halogens is 1. The summed E-state index contributed by atoms with van der Waals surface area (Å²) in [4.78, 5) is 1.36. The molecular weight excluding hydrogens is 228 g/mol. The van der Waals surface area contributed by atoms with E-state index in [4.69, 9.17) is 17.3 Å². The van der Waals surface area contributed by atoms with Gasteiger partial charge in [0, 0.05) is 10.9 Å². The van der Waals surface area contributed by atoms with Gasteiger partial charge in [0.1, 0.15) is 0 Å². The molecule has 0 amide bonds. The standard InChI is InChI=1S/C11H17ClN2S/c12-11-2-1-10(15-11)3-4-14-7-8-5-9(13)6-8/h1-2,8-9,14H,3-7,13H2. The van der Waals surface area contributed by atoms with E-state index < -0.39 is 0 Å². The van der Waals surface area contributed by atoms with Crippen LogP contribution in [0.1, 0.15) is 17.7 Å². The molecule has 1 heterocycles. The zero-order valence-electron chi connectivity index (χ0n) is 8.71. The van der Waals surface area contributed by atoms with E-state index in [0.717, 1.165) is 29.8 Å². The van der Waals surface area contributed by atoms with Crippen LogP contribution < -0.4 is 11.1 Å². The summed E-state index contributed by atoms with van der Waals surface area (Å²) < 4.78 is 0.884. The van der Waals surface area contributed by atoms with Gasteiger partial charge in [-0.1, -0.05) is 11.6 Å². The Morgan fingerprint density at radius 3 is 2.87 bits per heavy atom. The van der Waals surface area contributed by atoms with Crippen LogP contribution in [0.4, 0.5) is 0 Å². The third kappa shape index (κ3) is 3.45. The van der Waals surface area contributed by atoms with Crippen LogP contribution in [-0.2, 0) is 6.42 Å². The van der Waals surface area contributed by atoms with Gasteiger partial charge in [-0.2, -0.15) is 0 Å². The Morgan fingerprint density at radius 2 is 2.27 bits per heavy atom. The van der Waals surface area contributed by atoms with Gasteiger partial charge in [0.25, 0.3) is 0 Å². The van der Waals surface area contributed by atoms with E-state index in [9.17, 15) is 0 Å². The highest BCUT2D eigenvalue weighted by atomic mass is 35.5. The first-order chi connectivity index (χ1) is 7.24. The highest BCUT2D eigenvalue weighted by Gasteiger charge is 2.24. The predicted molar refractivity (Wildman–Crippen MR) is 66.6 cm³/mol. The van der Waals surface area contributed by atoms with Gasteiger partial charge >= 0.3 is 0 Å². The molecule has 3 N–H and O–H groups in total. The molecule has 0 aromatic carbocycles. The highest BCUT2D eigenvalue weighted by Crippen LogP contribution is 2.24. The van der Waals surface area contributed by atoms with Crippen LogP contribution >= 0.6 is 22.9 Å². The van der Waals surface area contributed by atoms with Gasteiger partial charge in [0.15, 0.2) is 0 Å². The minimum Gasteiger partial charge on any atom is -0.328 e. The molecule has 0 unspecified atom stereocenters. The summed E-state index contributed by atoms with van der Waals surface area (Å²) in [5.74, 6) is 0.812. The molecular formula is C11H17ClN2S. The van der Waals surface area contributed by atoms with Gasteiger partial charge in [-0.15, -0.1) is 11.3 Å². The van der Waals surface area contributed by atoms with Gasteiger partial charge in [-0.05, 0) is 50.4 Å². The molecule has 0 spiro atoms. The number of hydrogen-bond donors (Lipinski definition) is 2. The number of rotatable bonds is 5. The molecule has 2 rings (SSSR count). The third-order valence-electron chi connectivity index (χ3n) is 2.88. The second-order valence-corrected chi connectivity index (χ2v) is 6.06. The number of nitrogens with two attached hydrogens (primary N) is 1. The molecule has 1 aromatic rings. The van der Waals surface area contributed by atoms with E-state index in [1.807, 2.05) is 6.07 Å². The summed E-state index contributed by atoms with van der Waals surface area (Å²) in [5, 5.41) is 3.47. The quantitative estimate of drug-likeness (QED) is 0.780. The van der Waals surface area contributed by atoms with E-state index in [1.54, 1.807) is 11.3 Å². The summed E-state index contributed by atoms with van der Waals surface area (Å²) in [6.07, 6.45) is 3.46. The van der Waals surface area contributed by atoms with E-state index in [1.165, 1.54) is 17.7 Å². The average Bonchev–Trinajstić information content (AvgIpc) is 2.55. The predicted octanol–water partition coefficient (Wildman–Crippen LogP) is 2.27. The topological polar surface area (TPSA) is 38.0 Å². The van der Waals surface area contributed by atoms with Crippen molar-refractivity contribution in [2.24, 2.45) is 11.7 Å². The molecule has 4 heteroatoms. The maximum Gasteiger partial charge on any atom is 0.0931 e. The molecule has 1 fully saturated rings. The van der Waals surface area contributed by atoms with E-state index >= 15 is 0 Å². The summed E-state index contributed by atoms with van der Waals surface area (Å²) in [5.41, 5.74) is 5.73. The van der Waals surface area contributed by atoms with Crippen molar-refractivity contribution in [3.05, 3.63) is 21.3 Å². The first-order valence-electron chi connectivity index (χ1n) is 5.44. The monoisotopic (exact) mass is 244 g/mol. The fourth-order valence-corrected chi connectivity index (χ4v) is 3.04. The molecule has 0 saturated heterocycles. The first-order valence-corrected chi connectivity index (χ1v) is 6.64. The normalized spacial score (nSPS) is 25.2. The SMILES string of the molecule is NC1CC(CNCCc2ccc(Cl)s2)C1. The van der Waals surface area contributed by atoms with E-state index in [0.29, 0.717) is 6.04 Å². The summed E-state index contributed by atoms with van der Waals surface area (Å²) in [7, 11) is 0. The summed E-state index contributed by atoms with van der Waals surface area (Å²) in [6, 6.07) is 4.54. The first kappa shape index (κ1) is 11.4. The fourth-order valence-electron chi connectivity index (χ4n) is 1.96. The van der Waals surface area contributed by atoms with Crippen molar-refractivity contribution in [3.63, 3.8) is 0 Å². The van der Waals surface area contributed by atoms with E-state index in [-0.39, 0.29) is 0 Å². The lowest BCUT2D eigenvalue weighted by Crippen LogP contribution is -2.41. The summed E-state index contributed by atoms with van der Waals surface area (Å²) in [6.45, 7) is 2.16. The van der Waals surface area contributed by atoms with Gasteiger partial charge in [-0.3, -0.25) is 0 Å². The van der Waals surface area contributed by atoms with Crippen LogP contribution in [0.2, 0.25) is 4.34 Å². The smallest absolute Gasteiger partial charge is 0.0931 e. The lowest BCUT2D eigenvalue weighted by molar-refractivity contribution is 0.257. The summed E-state index contributed by atoms with van der Waals surface area (Å²) >= 11 is 7.53. The molecule has 1 aliphatic carbocycles. The van der Waals surface area contributed by atoms with Crippen LogP contribution in [0, 0.1) is 5.92 Å². The van der Waals surface area contributed by atoms with Crippen LogP contribution in [0.25, 0.3) is 0 Å². The average molecular weight is 245 g/mol. The molecule has 84 valence electrons. The van der Waals surface area contributed by atoms with Crippen molar-refractivity contribution in [3.8, 4) is 0 Å². The van der Waals surface area contributed by atoms with Gasteiger partial charge in [0.05, 0.1) is 4.34 Å². The molecule has 0 atom stereocenters. The third-order valence-corrected chi connectivity index (χ3v) is 4.17. The van der Waals surface area contributed by atoms with Crippen molar-refractivity contribution >= 4 is 22.9 Å². The molecule has 0 bridgehead atoms. The van der Waals surface area contributed by atoms with E-state index in [2.05, 4.69) is 11.4 Å². The number of nitrogens with one attached hydrogen (secondary N) is 1. The Kier molecular flexibility index (Phi) is 4.03. The number of hydrogen-bond acceptors (Lipinski definition) is 3. The van der Waals surface area contributed by atoms with Crippen molar-refractivity contribution in [1.82, 2.24) is 5.32 Å². The van der Waals surface area contributed by atoms with Crippen molar-refractivity contribution in [2.75, 3.05) is 13.1 Å². The van der Waals surface area contributed by atoms with Crippen molar-refractivity contribution in [1.29, 1.82) is 0 Å². The second-order valence-electron chi connectivity index (χ2n) is 4.26. The van der Waals surface area contributed by atoms with Crippen LogP contribution in [-0.4, -0.2) is 19.1 Å². The Morgan fingerprint density at radius 1 is 1.47 bits per heavy atom. The second kappa shape index (κ2) is 5.30. The van der Waals surface area contributed by atoms with Crippen LogP contribution in [0.15, 0.2) is 12.1 Å². The number of thiophene rings is 1. The molecule has 1 aliphatic rings. The Hall–Kier alpha value is -0.0900. The van der Waals surface area contributed by atoms with Crippen molar-refractivity contribution < 1.29 is 0 Å². The molecule has 15 heavy (non-hydrogen) atoms. The lowest BCUT2D eigenvalue weighted by Gasteiger charge is -2.32. The largest absolute Gasteiger partial charge is 0.328 e. The van der Waals surface area contributed by atoms with Gasteiger partial charge in [0.2, 0.25) is 0 Å². The molecule has 2 nitrogen and oxygen atoms in total. The molecule has 1 saturated carbocycles. The van der Waals surface area contributed by atoms with Crippen LogP contribution in [0.3, 0.4) is 0 Å². The van der Waals surface area contributed by atoms with Gasteiger partial charge < -0.3 is 11.1 Å².